The van der Waals surface area contributed by atoms with Crippen molar-refractivity contribution < 1.29 is 18.0 Å². The predicted octanol–water partition coefficient (Wildman–Crippen LogP) is 1.15. The van der Waals surface area contributed by atoms with Gasteiger partial charge in [0.1, 0.15) is 6.54 Å². The molecule has 1 aliphatic heterocycles. The van der Waals surface area contributed by atoms with Gasteiger partial charge in [-0.05, 0) is 6.42 Å². The Kier molecular flexibility index (Phi) is 3.59. The zero-order valence-corrected chi connectivity index (χ0v) is 8.77. The van der Waals surface area contributed by atoms with Gasteiger partial charge in [-0.1, -0.05) is 13.8 Å². The van der Waals surface area contributed by atoms with Gasteiger partial charge in [0.05, 0.1) is 6.04 Å². The summed E-state index contributed by atoms with van der Waals surface area (Å²) in [6.45, 7) is 2.77. The van der Waals surface area contributed by atoms with Crippen LogP contribution >= 0.6 is 0 Å². The van der Waals surface area contributed by atoms with E-state index in [-0.39, 0.29) is 12.6 Å². The maximum Gasteiger partial charge on any atom is 0.406 e. The lowest BCUT2D eigenvalue weighted by Gasteiger charge is -2.19. The van der Waals surface area contributed by atoms with Crippen molar-refractivity contribution in [1.82, 2.24) is 10.2 Å². The molecule has 0 aromatic rings. The minimum Gasteiger partial charge on any atom is -0.332 e. The predicted molar refractivity (Wildman–Crippen MR) is 49.3 cm³/mol. The number of hydrogen-bond acceptors (Lipinski definition) is 2. The fourth-order valence-corrected chi connectivity index (χ4v) is 1.67. The number of rotatable bonds is 3. The second-order valence-corrected chi connectivity index (χ2v) is 4.04. The molecule has 0 aromatic heterocycles. The Morgan fingerprint density at radius 1 is 1.53 bits per heavy atom. The number of alkyl halides is 3. The summed E-state index contributed by atoms with van der Waals surface area (Å²) in [7, 11) is 0. The first-order valence-corrected chi connectivity index (χ1v) is 4.91. The van der Waals surface area contributed by atoms with Gasteiger partial charge in [-0.2, -0.15) is 13.2 Å². The number of carbonyl (C=O) groups excluding carboxylic acids is 1. The van der Waals surface area contributed by atoms with Crippen LogP contribution in [0, 0.1) is 0 Å². The fourth-order valence-electron chi connectivity index (χ4n) is 1.67. The summed E-state index contributed by atoms with van der Waals surface area (Å²) in [5, 5.41) is 2.95. The molecule has 1 atom stereocenters. The molecule has 1 N–H and O–H groups in total. The number of amides is 1. The van der Waals surface area contributed by atoms with Crippen LogP contribution in [0.3, 0.4) is 0 Å². The largest absolute Gasteiger partial charge is 0.406 e. The van der Waals surface area contributed by atoms with E-state index in [1.807, 2.05) is 13.8 Å². The number of likely N-dealkylation sites (tertiary alicyclic amines) is 1. The molecular weight excluding hydrogens is 209 g/mol. The Balaban J connectivity index is 2.49. The van der Waals surface area contributed by atoms with E-state index in [2.05, 4.69) is 5.32 Å². The molecule has 1 aliphatic rings. The highest BCUT2D eigenvalue weighted by Gasteiger charge is 2.39. The van der Waals surface area contributed by atoms with Gasteiger partial charge in [-0.15, -0.1) is 0 Å². The summed E-state index contributed by atoms with van der Waals surface area (Å²) in [4.78, 5) is 12.3. The molecule has 88 valence electrons. The van der Waals surface area contributed by atoms with Crippen LogP contribution in [0.5, 0.6) is 0 Å². The Hall–Kier alpha value is -0.780. The maximum absolute atomic E-state index is 12.1. The van der Waals surface area contributed by atoms with Crippen LogP contribution in [0.4, 0.5) is 13.2 Å². The maximum atomic E-state index is 12.1. The molecule has 0 radical (unpaired) electrons. The van der Waals surface area contributed by atoms with E-state index in [9.17, 15) is 18.0 Å². The van der Waals surface area contributed by atoms with E-state index >= 15 is 0 Å². The lowest BCUT2D eigenvalue weighted by Crippen LogP contribution is -2.43. The first-order chi connectivity index (χ1) is 6.79. The smallest absolute Gasteiger partial charge is 0.332 e. The summed E-state index contributed by atoms with van der Waals surface area (Å²) in [5.41, 5.74) is 0. The van der Waals surface area contributed by atoms with Crippen LogP contribution in [0.25, 0.3) is 0 Å². The third-order valence-corrected chi connectivity index (χ3v) is 2.20. The lowest BCUT2D eigenvalue weighted by atomic mass is 10.2. The molecule has 1 saturated heterocycles. The Labute approximate surface area is 86.6 Å². The average Bonchev–Trinajstić information content (AvgIpc) is 2.32. The lowest BCUT2D eigenvalue weighted by molar-refractivity contribution is -0.158. The van der Waals surface area contributed by atoms with Gasteiger partial charge >= 0.3 is 6.18 Å². The topological polar surface area (TPSA) is 32.3 Å². The van der Waals surface area contributed by atoms with E-state index in [4.69, 9.17) is 0 Å². The molecule has 3 nitrogen and oxygen atoms in total. The summed E-state index contributed by atoms with van der Waals surface area (Å²) < 4.78 is 36.2. The molecule has 1 amide bonds. The zero-order valence-electron chi connectivity index (χ0n) is 8.77. The van der Waals surface area contributed by atoms with Crippen LogP contribution in [-0.4, -0.2) is 42.2 Å². The van der Waals surface area contributed by atoms with Gasteiger partial charge in [-0.3, -0.25) is 4.79 Å². The quantitative estimate of drug-likeness (QED) is 0.779. The third-order valence-electron chi connectivity index (χ3n) is 2.20. The zero-order chi connectivity index (χ0) is 11.6. The van der Waals surface area contributed by atoms with Gasteiger partial charge in [-0.25, -0.2) is 0 Å². The van der Waals surface area contributed by atoms with Crippen molar-refractivity contribution in [2.45, 2.75) is 38.5 Å². The monoisotopic (exact) mass is 224 g/mol. The van der Waals surface area contributed by atoms with Gasteiger partial charge in [0, 0.05) is 12.6 Å². The van der Waals surface area contributed by atoms with Gasteiger partial charge in [0.2, 0.25) is 5.91 Å². The van der Waals surface area contributed by atoms with Crippen molar-refractivity contribution in [3.05, 3.63) is 0 Å². The Morgan fingerprint density at radius 3 is 2.60 bits per heavy atom. The van der Waals surface area contributed by atoms with Crippen LogP contribution < -0.4 is 5.32 Å². The fraction of sp³-hybridized carbons (Fsp3) is 0.889. The molecule has 6 heteroatoms. The van der Waals surface area contributed by atoms with Crippen molar-refractivity contribution in [2.75, 3.05) is 13.1 Å². The highest BCUT2D eigenvalue weighted by molar-refractivity contribution is 5.84. The Morgan fingerprint density at radius 2 is 2.13 bits per heavy atom. The highest BCUT2D eigenvalue weighted by Crippen LogP contribution is 2.20. The van der Waals surface area contributed by atoms with Crippen LogP contribution in [0.2, 0.25) is 0 Å². The SMILES string of the molecule is CC(C)NC1CCN(CC(F)(F)F)C1=O. The molecule has 1 rings (SSSR count). The van der Waals surface area contributed by atoms with Crippen molar-refractivity contribution in [1.29, 1.82) is 0 Å². The molecule has 0 spiro atoms. The molecule has 15 heavy (non-hydrogen) atoms. The summed E-state index contributed by atoms with van der Waals surface area (Å²) in [6.07, 6.45) is -3.85. The number of nitrogens with zero attached hydrogens (tertiary/aromatic N) is 1. The average molecular weight is 224 g/mol. The van der Waals surface area contributed by atoms with Crippen LogP contribution in [0.15, 0.2) is 0 Å². The molecular formula is C9H15F3N2O. The standard InChI is InChI=1S/C9H15F3N2O/c1-6(2)13-7-3-4-14(8(7)15)5-9(10,11)12/h6-7,13H,3-5H2,1-2H3. The molecule has 0 saturated carbocycles. The van der Waals surface area contributed by atoms with E-state index in [0.717, 1.165) is 4.90 Å². The second-order valence-electron chi connectivity index (χ2n) is 4.04. The number of hydrogen-bond donors (Lipinski definition) is 1. The van der Waals surface area contributed by atoms with Crippen molar-refractivity contribution in [2.24, 2.45) is 0 Å². The molecule has 1 unspecified atom stereocenters. The summed E-state index contributed by atoms with van der Waals surface area (Å²) >= 11 is 0. The minimum absolute atomic E-state index is 0.102. The van der Waals surface area contributed by atoms with E-state index in [1.165, 1.54) is 0 Å². The molecule has 1 heterocycles. The third kappa shape index (κ3) is 3.70. The minimum atomic E-state index is -4.30. The van der Waals surface area contributed by atoms with E-state index in [0.29, 0.717) is 6.42 Å². The van der Waals surface area contributed by atoms with Crippen LogP contribution in [0.1, 0.15) is 20.3 Å². The molecule has 0 aliphatic carbocycles. The molecule has 0 bridgehead atoms. The number of halogens is 3. The van der Waals surface area contributed by atoms with Crippen molar-refractivity contribution in [3.63, 3.8) is 0 Å². The van der Waals surface area contributed by atoms with Gasteiger partial charge in [0.15, 0.2) is 0 Å². The van der Waals surface area contributed by atoms with Crippen molar-refractivity contribution in [3.8, 4) is 0 Å². The normalized spacial score (nSPS) is 22.9. The van der Waals surface area contributed by atoms with Crippen molar-refractivity contribution >= 4 is 5.91 Å². The first-order valence-electron chi connectivity index (χ1n) is 4.91. The van der Waals surface area contributed by atoms with E-state index < -0.39 is 24.7 Å². The molecule has 1 fully saturated rings. The first kappa shape index (κ1) is 12.3. The second kappa shape index (κ2) is 4.38. The van der Waals surface area contributed by atoms with Gasteiger partial charge in [0.25, 0.3) is 0 Å². The van der Waals surface area contributed by atoms with Crippen LogP contribution in [-0.2, 0) is 4.79 Å². The number of nitrogens with one attached hydrogen (secondary N) is 1. The number of carbonyl (C=O) groups is 1. The van der Waals surface area contributed by atoms with Gasteiger partial charge < -0.3 is 10.2 Å². The highest BCUT2D eigenvalue weighted by atomic mass is 19.4. The Bertz CT molecular complexity index is 240. The summed E-state index contributed by atoms with van der Waals surface area (Å²) in [6, 6.07) is -0.350. The van der Waals surface area contributed by atoms with E-state index in [1.54, 1.807) is 0 Å². The summed E-state index contributed by atoms with van der Waals surface area (Å²) in [5.74, 6) is -0.443. The molecule has 0 aromatic carbocycles.